The number of hydrogen-bond donors (Lipinski definition) is 0. The number of para-hydroxylation sites is 2. The summed E-state index contributed by atoms with van der Waals surface area (Å²) in [6.45, 7) is 1.93. The summed E-state index contributed by atoms with van der Waals surface area (Å²) >= 11 is 0. The molecule has 0 saturated carbocycles. The molecular weight excluding hydrogens is 242 g/mol. The lowest BCUT2D eigenvalue weighted by Crippen LogP contribution is -2.29. The molecular formula is C15H9NO3. The van der Waals surface area contributed by atoms with Crippen LogP contribution in [0.4, 0.5) is 0 Å². The van der Waals surface area contributed by atoms with E-state index in [4.69, 9.17) is 4.42 Å². The molecule has 0 unspecified atom stereocenters. The summed E-state index contributed by atoms with van der Waals surface area (Å²) in [5, 5.41) is 1.89. The van der Waals surface area contributed by atoms with Gasteiger partial charge >= 0.3 is 11.2 Å². The summed E-state index contributed by atoms with van der Waals surface area (Å²) < 4.78 is 6.55. The van der Waals surface area contributed by atoms with Crippen LogP contribution in [0.25, 0.3) is 27.4 Å². The van der Waals surface area contributed by atoms with Crippen molar-refractivity contribution in [1.82, 2.24) is 4.40 Å². The molecule has 2 aromatic heterocycles. The van der Waals surface area contributed by atoms with Crippen LogP contribution in [-0.4, -0.2) is 4.40 Å². The molecule has 4 rings (SSSR count). The van der Waals surface area contributed by atoms with Crippen molar-refractivity contribution >= 4 is 27.4 Å². The highest BCUT2D eigenvalue weighted by atomic mass is 16.4. The summed E-state index contributed by atoms with van der Waals surface area (Å²) in [6, 6.07) is 11.3. The average molecular weight is 251 g/mol. The molecule has 0 radical (unpaired) electrons. The molecule has 0 atom stereocenters. The van der Waals surface area contributed by atoms with Crippen LogP contribution in [0.15, 0.2) is 50.4 Å². The van der Waals surface area contributed by atoms with Gasteiger partial charge in [-0.3, -0.25) is 9.20 Å². The first-order chi connectivity index (χ1) is 9.18. The molecule has 92 valence electrons. The highest BCUT2D eigenvalue weighted by Gasteiger charge is 2.17. The molecule has 0 fully saturated rings. The van der Waals surface area contributed by atoms with Crippen molar-refractivity contribution in [3.63, 3.8) is 0 Å². The van der Waals surface area contributed by atoms with Crippen molar-refractivity contribution in [1.29, 1.82) is 0 Å². The van der Waals surface area contributed by atoms with Crippen LogP contribution in [0.1, 0.15) is 5.56 Å². The molecule has 0 saturated heterocycles. The smallest absolute Gasteiger partial charge is 0.403 e. The molecule has 0 spiro atoms. The Labute approximate surface area is 106 Å². The van der Waals surface area contributed by atoms with Crippen molar-refractivity contribution in [2.45, 2.75) is 6.92 Å². The third kappa shape index (κ3) is 1.13. The fourth-order valence-corrected chi connectivity index (χ4v) is 2.78. The number of aryl methyl sites for hydroxylation is 1. The molecule has 19 heavy (non-hydrogen) atoms. The van der Waals surface area contributed by atoms with Crippen LogP contribution in [0, 0.1) is 6.92 Å². The largest absolute Gasteiger partial charge is 0.417 e. The van der Waals surface area contributed by atoms with Crippen LogP contribution in [-0.2, 0) is 0 Å². The van der Waals surface area contributed by atoms with Gasteiger partial charge in [-0.2, -0.15) is 0 Å². The Morgan fingerprint density at radius 1 is 0.947 bits per heavy atom. The van der Waals surface area contributed by atoms with Crippen molar-refractivity contribution in [2.75, 3.05) is 0 Å². The fraction of sp³-hybridized carbons (Fsp3) is 0.0667. The number of benzene rings is 2. The van der Waals surface area contributed by atoms with Crippen molar-refractivity contribution in [3.8, 4) is 0 Å². The first-order valence-corrected chi connectivity index (χ1v) is 5.98. The van der Waals surface area contributed by atoms with E-state index in [0.29, 0.717) is 11.1 Å². The SMILES string of the molecule is Cc1cccc2c3cccc4oc(=O)c(=O)n(c12)c43. The standard InChI is InChI=1S/C15H9NO3/c1-8-4-2-5-9-10-6-3-7-11-13(10)16(12(8)9)14(17)15(18)19-11/h2-7H,1H3. The maximum absolute atomic E-state index is 12.1. The minimum Gasteiger partial charge on any atom is -0.417 e. The molecule has 2 heterocycles. The van der Waals surface area contributed by atoms with Crippen LogP contribution in [0.5, 0.6) is 0 Å². The number of fused-ring (bicyclic) bond motifs is 3. The number of aromatic nitrogens is 1. The van der Waals surface area contributed by atoms with Crippen LogP contribution < -0.4 is 11.2 Å². The van der Waals surface area contributed by atoms with Gasteiger partial charge in [0.1, 0.15) is 5.52 Å². The monoisotopic (exact) mass is 251 g/mol. The average Bonchev–Trinajstić information content (AvgIpc) is 2.74. The predicted octanol–water partition coefficient (Wildman–Crippen LogP) is 2.31. The Bertz CT molecular complexity index is 1060. The first-order valence-electron chi connectivity index (χ1n) is 5.98. The van der Waals surface area contributed by atoms with E-state index in [9.17, 15) is 9.59 Å². The molecule has 4 nitrogen and oxygen atoms in total. The summed E-state index contributed by atoms with van der Waals surface area (Å²) in [7, 11) is 0. The van der Waals surface area contributed by atoms with E-state index in [2.05, 4.69) is 0 Å². The minimum absolute atomic E-state index is 0.442. The van der Waals surface area contributed by atoms with Gasteiger partial charge in [0.2, 0.25) is 0 Å². The molecule has 2 aromatic carbocycles. The summed E-state index contributed by atoms with van der Waals surface area (Å²) in [6.07, 6.45) is 0. The van der Waals surface area contributed by atoms with E-state index in [1.807, 2.05) is 37.3 Å². The highest BCUT2D eigenvalue weighted by Crippen LogP contribution is 2.31. The molecule has 0 aliphatic rings. The van der Waals surface area contributed by atoms with Gasteiger partial charge in [-0.1, -0.05) is 30.3 Å². The lowest BCUT2D eigenvalue weighted by molar-refractivity contribution is 0.543. The predicted molar refractivity (Wildman–Crippen MR) is 73.1 cm³/mol. The summed E-state index contributed by atoms with van der Waals surface area (Å²) in [4.78, 5) is 23.8. The van der Waals surface area contributed by atoms with E-state index >= 15 is 0 Å². The lowest BCUT2D eigenvalue weighted by Gasteiger charge is -1.99. The molecule has 0 aliphatic heterocycles. The zero-order valence-corrected chi connectivity index (χ0v) is 10.1. The van der Waals surface area contributed by atoms with Crippen molar-refractivity contribution < 1.29 is 4.42 Å². The topological polar surface area (TPSA) is 51.7 Å². The van der Waals surface area contributed by atoms with Crippen LogP contribution >= 0.6 is 0 Å². The summed E-state index contributed by atoms with van der Waals surface area (Å²) in [5.41, 5.74) is 1.40. The Morgan fingerprint density at radius 2 is 1.63 bits per heavy atom. The Hall–Kier alpha value is -2.62. The van der Waals surface area contributed by atoms with Gasteiger partial charge in [0.05, 0.1) is 5.52 Å². The second-order valence-electron chi connectivity index (χ2n) is 4.65. The molecule has 0 aliphatic carbocycles. The number of nitrogens with zero attached hydrogens (tertiary/aromatic N) is 1. The Kier molecular flexibility index (Phi) is 1.75. The maximum atomic E-state index is 12.1. The molecule has 0 bridgehead atoms. The minimum atomic E-state index is -0.833. The normalized spacial score (nSPS) is 11.8. The molecule has 4 aromatic rings. The second-order valence-corrected chi connectivity index (χ2v) is 4.65. The van der Waals surface area contributed by atoms with E-state index in [0.717, 1.165) is 21.9 Å². The fourth-order valence-electron chi connectivity index (χ4n) is 2.78. The third-order valence-corrected chi connectivity index (χ3v) is 3.55. The zero-order chi connectivity index (χ0) is 13.1. The molecule has 0 amide bonds. The van der Waals surface area contributed by atoms with E-state index in [-0.39, 0.29) is 0 Å². The molecule has 0 N–H and O–H groups in total. The first kappa shape index (κ1) is 10.3. The number of hydrogen-bond acceptors (Lipinski definition) is 3. The van der Waals surface area contributed by atoms with Gasteiger partial charge in [0, 0.05) is 10.8 Å². The molecule has 4 heteroatoms. The van der Waals surface area contributed by atoms with Gasteiger partial charge < -0.3 is 4.42 Å². The van der Waals surface area contributed by atoms with Gasteiger partial charge in [0.15, 0.2) is 5.58 Å². The van der Waals surface area contributed by atoms with Crippen molar-refractivity contribution in [3.05, 3.63) is 62.7 Å². The lowest BCUT2D eigenvalue weighted by atomic mass is 10.1. The van der Waals surface area contributed by atoms with E-state index in [1.54, 1.807) is 6.07 Å². The van der Waals surface area contributed by atoms with Gasteiger partial charge in [-0.05, 0) is 18.6 Å². The quantitative estimate of drug-likeness (QED) is 0.451. The second kappa shape index (κ2) is 3.23. The summed E-state index contributed by atoms with van der Waals surface area (Å²) in [5.74, 6) is 0. The van der Waals surface area contributed by atoms with E-state index in [1.165, 1.54) is 4.40 Å². The van der Waals surface area contributed by atoms with Gasteiger partial charge in [0.25, 0.3) is 0 Å². The number of rotatable bonds is 0. The zero-order valence-electron chi connectivity index (χ0n) is 10.1. The highest BCUT2D eigenvalue weighted by molar-refractivity contribution is 6.13. The third-order valence-electron chi connectivity index (χ3n) is 3.55. The van der Waals surface area contributed by atoms with Gasteiger partial charge in [-0.25, -0.2) is 4.79 Å². The Morgan fingerprint density at radius 3 is 2.42 bits per heavy atom. The maximum Gasteiger partial charge on any atom is 0.403 e. The van der Waals surface area contributed by atoms with Crippen molar-refractivity contribution in [2.24, 2.45) is 0 Å². The van der Waals surface area contributed by atoms with Crippen LogP contribution in [0.2, 0.25) is 0 Å². The van der Waals surface area contributed by atoms with E-state index < -0.39 is 11.2 Å². The Balaban J connectivity index is 2.60. The van der Waals surface area contributed by atoms with Crippen LogP contribution in [0.3, 0.4) is 0 Å². The van der Waals surface area contributed by atoms with Gasteiger partial charge in [-0.15, -0.1) is 0 Å².